The monoisotopic (exact) mass is 247 g/mol. The number of fused-ring (bicyclic) bond motifs is 1. The zero-order valence-electron chi connectivity index (χ0n) is 10.8. The van der Waals surface area contributed by atoms with Crippen LogP contribution in [0.15, 0.2) is 18.2 Å². The van der Waals surface area contributed by atoms with Crippen LogP contribution in [0.4, 0.5) is 5.69 Å². The maximum Gasteiger partial charge on any atom is 0.304 e. The first-order valence-corrected chi connectivity index (χ1v) is 5.96. The van der Waals surface area contributed by atoms with Gasteiger partial charge >= 0.3 is 5.97 Å². The number of carbonyl (C=O) groups is 2. The largest absolute Gasteiger partial charge is 0.481 e. The van der Waals surface area contributed by atoms with Crippen LogP contribution in [-0.4, -0.2) is 17.0 Å². The minimum atomic E-state index is -0.954. The number of carboxylic acids is 1. The van der Waals surface area contributed by atoms with E-state index in [2.05, 4.69) is 26.1 Å². The van der Waals surface area contributed by atoms with Crippen molar-refractivity contribution in [2.24, 2.45) is 0 Å². The molecule has 1 aliphatic rings. The first-order valence-electron chi connectivity index (χ1n) is 5.96. The Kier molecular flexibility index (Phi) is 2.89. The number of carbonyl (C=O) groups excluding carboxylic acids is 1. The number of anilines is 1. The summed E-state index contributed by atoms with van der Waals surface area (Å²) in [5.74, 6) is -1.75. The number of aliphatic carboxylic acids is 1. The fraction of sp³-hybridized carbons (Fsp3) is 0.429. The molecule has 1 atom stereocenters. The molecule has 2 rings (SSSR count). The van der Waals surface area contributed by atoms with Gasteiger partial charge in [-0.15, -0.1) is 0 Å². The molecule has 0 aliphatic carbocycles. The second-order valence-electron chi connectivity index (χ2n) is 5.69. The maximum atomic E-state index is 11.8. The average molecular weight is 247 g/mol. The van der Waals surface area contributed by atoms with E-state index in [9.17, 15) is 9.59 Å². The highest BCUT2D eigenvalue weighted by Gasteiger charge is 2.33. The van der Waals surface area contributed by atoms with Crippen LogP contribution in [-0.2, 0) is 15.0 Å². The van der Waals surface area contributed by atoms with Crippen LogP contribution in [0.3, 0.4) is 0 Å². The van der Waals surface area contributed by atoms with Crippen molar-refractivity contribution in [2.45, 2.75) is 38.5 Å². The number of amides is 1. The van der Waals surface area contributed by atoms with E-state index in [1.54, 1.807) is 0 Å². The Morgan fingerprint density at radius 3 is 2.61 bits per heavy atom. The van der Waals surface area contributed by atoms with Crippen molar-refractivity contribution in [1.82, 2.24) is 0 Å². The second-order valence-corrected chi connectivity index (χ2v) is 5.69. The Labute approximate surface area is 106 Å². The summed E-state index contributed by atoms with van der Waals surface area (Å²) in [6.45, 7) is 6.27. The number of rotatable bonds is 2. The van der Waals surface area contributed by atoms with Gasteiger partial charge in [0.1, 0.15) is 0 Å². The van der Waals surface area contributed by atoms with E-state index in [1.165, 1.54) is 0 Å². The molecule has 1 aromatic rings. The van der Waals surface area contributed by atoms with Crippen LogP contribution < -0.4 is 5.32 Å². The molecule has 0 fully saturated rings. The van der Waals surface area contributed by atoms with Gasteiger partial charge in [-0.3, -0.25) is 9.59 Å². The molecule has 1 aromatic carbocycles. The molecule has 0 bridgehead atoms. The summed E-state index contributed by atoms with van der Waals surface area (Å²) in [7, 11) is 0. The summed E-state index contributed by atoms with van der Waals surface area (Å²) in [5.41, 5.74) is 2.62. The maximum absolute atomic E-state index is 11.8. The van der Waals surface area contributed by atoms with Gasteiger partial charge in [-0.05, 0) is 22.6 Å². The Bertz CT molecular complexity index is 514. The molecule has 0 saturated heterocycles. The summed E-state index contributed by atoms with van der Waals surface area (Å²) < 4.78 is 0. The summed E-state index contributed by atoms with van der Waals surface area (Å²) in [6.07, 6.45) is -0.160. The van der Waals surface area contributed by atoms with Crippen molar-refractivity contribution in [1.29, 1.82) is 0 Å². The number of hydrogen-bond donors (Lipinski definition) is 2. The molecule has 2 N–H and O–H groups in total. The van der Waals surface area contributed by atoms with Crippen molar-refractivity contribution in [3.05, 3.63) is 29.3 Å². The van der Waals surface area contributed by atoms with Crippen molar-refractivity contribution in [3.63, 3.8) is 0 Å². The van der Waals surface area contributed by atoms with E-state index in [1.807, 2.05) is 18.2 Å². The molecule has 1 aliphatic heterocycles. The van der Waals surface area contributed by atoms with E-state index in [4.69, 9.17) is 5.11 Å². The fourth-order valence-corrected chi connectivity index (χ4v) is 2.17. The van der Waals surface area contributed by atoms with Crippen molar-refractivity contribution < 1.29 is 14.7 Å². The molecule has 4 nitrogen and oxygen atoms in total. The summed E-state index contributed by atoms with van der Waals surface area (Å²) >= 11 is 0. The van der Waals surface area contributed by atoms with Crippen LogP contribution >= 0.6 is 0 Å². The highest BCUT2D eigenvalue weighted by atomic mass is 16.4. The van der Waals surface area contributed by atoms with E-state index < -0.39 is 11.9 Å². The van der Waals surface area contributed by atoms with Crippen LogP contribution in [0, 0.1) is 0 Å². The predicted molar refractivity (Wildman–Crippen MR) is 68.8 cm³/mol. The lowest BCUT2D eigenvalue weighted by molar-refractivity contribution is -0.138. The number of benzene rings is 1. The van der Waals surface area contributed by atoms with Gasteiger partial charge in [0, 0.05) is 5.69 Å². The minimum Gasteiger partial charge on any atom is -0.481 e. The highest BCUT2D eigenvalue weighted by molar-refractivity contribution is 6.04. The molecule has 1 heterocycles. The van der Waals surface area contributed by atoms with Gasteiger partial charge < -0.3 is 10.4 Å². The van der Waals surface area contributed by atoms with Crippen LogP contribution in [0.25, 0.3) is 0 Å². The van der Waals surface area contributed by atoms with Crippen LogP contribution in [0.2, 0.25) is 0 Å². The Morgan fingerprint density at radius 2 is 2.06 bits per heavy atom. The molecule has 4 heteroatoms. The number of carboxylic acid groups (broad SMARTS) is 1. The molecule has 96 valence electrons. The summed E-state index contributed by atoms with van der Waals surface area (Å²) in [5, 5.41) is 11.6. The van der Waals surface area contributed by atoms with E-state index in [0.29, 0.717) is 0 Å². The van der Waals surface area contributed by atoms with Gasteiger partial charge in [0.15, 0.2) is 0 Å². The van der Waals surface area contributed by atoms with Crippen molar-refractivity contribution >= 4 is 17.6 Å². The third-order valence-corrected chi connectivity index (χ3v) is 3.25. The Hall–Kier alpha value is -1.84. The van der Waals surface area contributed by atoms with E-state index >= 15 is 0 Å². The predicted octanol–water partition coefficient (Wildman–Crippen LogP) is 2.49. The van der Waals surface area contributed by atoms with Gasteiger partial charge in [-0.1, -0.05) is 32.9 Å². The molecule has 1 amide bonds. The topological polar surface area (TPSA) is 66.4 Å². The zero-order chi connectivity index (χ0) is 13.5. The van der Waals surface area contributed by atoms with Gasteiger partial charge in [0.25, 0.3) is 0 Å². The molecule has 18 heavy (non-hydrogen) atoms. The molecular weight excluding hydrogens is 230 g/mol. The van der Waals surface area contributed by atoms with Crippen molar-refractivity contribution in [2.75, 3.05) is 5.32 Å². The van der Waals surface area contributed by atoms with Crippen molar-refractivity contribution in [3.8, 4) is 0 Å². The Morgan fingerprint density at radius 1 is 1.39 bits per heavy atom. The zero-order valence-corrected chi connectivity index (χ0v) is 10.8. The lowest BCUT2D eigenvalue weighted by Crippen LogP contribution is -2.16. The Balaban J connectivity index is 2.43. The lowest BCUT2D eigenvalue weighted by Gasteiger charge is -2.20. The first kappa shape index (κ1) is 12.6. The lowest BCUT2D eigenvalue weighted by atomic mass is 9.84. The third kappa shape index (κ3) is 2.23. The summed E-state index contributed by atoms with van der Waals surface area (Å²) in [4.78, 5) is 22.6. The third-order valence-electron chi connectivity index (χ3n) is 3.25. The van der Waals surface area contributed by atoms with Gasteiger partial charge in [0.05, 0.1) is 12.3 Å². The average Bonchev–Trinajstić information content (AvgIpc) is 2.53. The van der Waals surface area contributed by atoms with Crippen LogP contribution in [0.5, 0.6) is 0 Å². The SMILES string of the molecule is CC(C)(C)c1ccc2c(c1)C(CC(=O)O)C(=O)N2. The molecule has 0 radical (unpaired) electrons. The number of hydrogen-bond acceptors (Lipinski definition) is 2. The summed E-state index contributed by atoms with van der Waals surface area (Å²) in [6, 6.07) is 5.78. The quantitative estimate of drug-likeness (QED) is 0.843. The molecule has 0 aromatic heterocycles. The standard InChI is InChI=1S/C14H17NO3/c1-14(2,3)8-4-5-11-9(6-8)10(7-12(16)17)13(18)15-11/h4-6,10H,7H2,1-3H3,(H,15,18)(H,16,17). The second kappa shape index (κ2) is 4.12. The molecule has 0 spiro atoms. The van der Waals surface area contributed by atoms with Gasteiger partial charge in [-0.25, -0.2) is 0 Å². The smallest absolute Gasteiger partial charge is 0.304 e. The highest BCUT2D eigenvalue weighted by Crippen LogP contribution is 2.37. The first-order chi connectivity index (χ1) is 8.29. The fourth-order valence-electron chi connectivity index (χ4n) is 2.17. The minimum absolute atomic E-state index is 0.0194. The molecule has 0 saturated carbocycles. The number of nitrogens with one attached hydrogen (secondary N) is 1. The molecular formula is C14H17NO3. The van der Waals surface area contributed by atoms with E-state index in [-0.39, 0.29) is 17.7 Å². The molecule has 1 unspecified atom stereocenters. The van der Waals surface area contributed by atoms with Gasteiger partial charge in [-0.2, -0.15) is 0 Å². The normalized spacial score (nSPS) is 18.4. The van der Waals surface area contributed by atoms with Gasteiger partial charge in [0.2, 0.25) is 5.91 Å². The van der Waals surface area contributed by atoms with Crippen LogP contribution in [0.1, 0.15) is 44.2 Å². The van der Waals surface area contributed by atoms with E-state index in [0.717, 1.165) is 16.8 Å².